The van der Waals surface area contributed by atoms with Gasteiger partial charge in [-0.2, -0.15) is 0 Å². The van der Waals surface area contributed by atoms with Crippen LogP contribution >= 0.6 is 0 Å². The van der Waals surface area contributed by atoms with Crippen LogP contribution in [0.15, 0.2) is 42.5 Å². The van der Waals surface area contributed by atoms with Crippen LogP contribution in [0.5, 0.6) is 11.5 Å². The number of rotatable bonds is 9. The van der Waals surface area contributed by atoms with Crippen LogP contribution in [0.25, 0.3) is 0 Å². The first-order chi connectivity index (χ1) is 15.7. The van der Waals surface area contributed by atoms with Gasteiger partial charge in [-0.1, -0.05) is 18.2 Å². The summed E-state index contributed by atoms with van der Waals surface area (Å²) in [6, 6.07) is 13.0. The molecule has 33 heavy (non-hydrogen) atoms. The number of nitrogens with zero attached hydrogens (tertiary/aromatic N) is 1. The van der Waals surface area contributed by atoms with E-state index < -0.39 is 23.8 Å². The summed E-state index contributed by atoms with van der Waals surface area (Å²) in [6.45, 7) is 2.39. The van der Waals surface area contributed by atoms with Crippen LogP contribution in [0.2, 0.25) is 0 Å². The number of esters is 2. The number of carbonyl (C=O) groups is 2. The average molecular weight is 459 g/mol. The zero-order valence-corrected chi connectivity index (χ0v) is 19.5. The summed E-state index contributed by atoms with van der Waals surface area (Å²) in [7, 11) is 6.20. The third kappa shape index (κ3) is 5.20. The third-order valence-corrected chi connectivity index (χ3v) is 5.42. The first kappa shape index (κ1) is 24.3. The summed E-state index contributed by atoms with van der Waals surface area (Å²) in [5.74, 6) is -3.83. The molecule has 0 fully saturated rings. The monoisotopic (exact) mass is 458 g/mol. The predicted molar refractivity (Wildman–Crippen MR) is 121 cm³/mol. The Morgan fingerprint density at radius 1 is 1.03 bits per heavy atom. The maximum atomic E-state index is 12.2. The molecule has 0 saturated heterocycles. The molecule has 0 radical (unpaired) electrons. The Morgan fingerprint density at radius 3 is 2.21 bits per heavy atom. The molecule has 9 nitrogen and oxygen atoms in total. The van der Waals surface area contributed by atoms with Crippen molar-refractivity contribution in [3.63, 3.8) is 0 Å². The molecule has 2 atom stereocenters. The Bertz CT molecular complexity index is 975. The first-order valence-corrected chi connectivity index (χ1v) is 10.6. The Kier molecular flexibility index (Phi) is 7.45. The molecule has 0 aromatic heterocycles. The van der Waals surface area contributed by atoms with E-state index >= 15 is 0 Å². The Labute approximate surface area is 193 Å². The molecule has 2 aromatic rings. The van der Waals surface area contributed by atoms with Gasteiger partial charge in [0.05, 0.1) is 20.3 Å². The van der Waals surface area contributed by atoms with Crippen LogP contribution in [0.1, 0.15) is 24.2 Å². The highest BCUT2D eigenvalue weighted by Crippen LogP contribution is 2.41. The smallest absolute Gasteiger partial charge is 0.453 e. The van der Waals surface area contributed by atoms with Crippen LogP contribution < -0.4 is 19.7 Å². The lowest BCUT2D eigenvalue weighted by Crippen LogP contribution is -2.55. The molecular formula is C24H30N2O7. The molecule has 1 heterocycles. The maximum absolute atomic E-state index is 12.2. The minimum atomic E-state index is -2.30. The van der Waals surface area contributed by atoms with E-state index in [0.717, 1.165) is 31.0 Å². The number of hydrogen-bond acceptors (Lipinski definition) is 9. The van der Waals surface area contributed by atoms with Gasteiger partial charge in [-0.25, -0.2) is 9.59 Å². The predicted octanol–water partition coefficient (Wildman–Crippen LogP) is 1.82. The number of aliphatic hydroxyl groups is 1. The van der Waals surface area contributed by atoms with Gasteiger partial charge < -0.3 is 34.3 Å². The van der Waals surface area contributed by atoms with E-state index in [4.69, 9.17) is 9.47 Å². The molecule has 2 N–H and O–H groups in total. The third-order valence-electron chi connectivity index (χ3n) is 5.42. The molecule has 0 amide bonds. The number of ether oxygens (including phenoxy) is 4. The van der Waals surface area contributed by atoms with Crippen molar-refractivity contribution >= 4 is 17.6 Å². The van der Waals surface area contributed by atoms with E-state index in [9.17, 15) is 14.7 Å². The molecule has 0 saturated carbocycles. The van der Waals surface area contributed by atoms with Gasteiger partial charge in [0.2, 0.25) is 0 Å². The molecule has 1 aliphatic rings. The fraction of sp³-hybridized carbons (Fsp3) is 0.417. The molecule has 9 heteroatoms. The number of benzene rings is 2. The fourth-order valence-corrected chi connectivity index (χ4v) is 3.54. The Morgan fingerprint density at radius 2 is 1.64 bits per heavy atom. The standard InChI is InChI=1S/C24H30N2O7/c1-15(25-14-19(27)17-7-9-18(10-8-17)26(2)3)12-16-6-11-20-21(13-16)33-24(32-20,22(28)30-4)23(29)31-5/h6-11,13,15,19,25,27H,12,14H2,1-5H3. The lowest BCUT2D eigenvalue weighted by molar-refractivity contribution is -0.199. The molecule has 2 aromatic carbocycles. The summed E-state index contributed by atoms with van der Waals surface area (Å²) in [5.41, 5.74) is 2.80. The van der Waals surface area contributed by atoms with Crippen molar-refractivity contribution in [2.24, 2.45) is 0 Å². The largest absolute Gasteiger partial charge is 0.463 e. The summed E-state index contributed by atoms with van der Waals surface area (Å²) in [6.07, 6.45) is -0.0204. The van der Waals surface area contributed by atoms with Crippen LogP contribution in [-0.4, -0.2) is 63.7 Å². The van der Waals surface area contributed by atoms with Crippen molar-refractivity contribution in [2.45, 2.75) is 31.3 Å². The molecule has 2 unspecified atom stereocenters. The van der Waals surface area contributed by atoms with Gasteiger partial charge in [-0.3, -0.25) is 0 Å². The van der Waals surface area contributed by atoms with Crippen LogP contribution in [0.4, 0.5) is 5.69 Å². The van der Waals surface area contributed by atoms with Gasteiger partial charge in [0.1, 0.15) is 0 Å². The average Bonchev–Trinajstić information content (AvgIpc) is 3.21. The van der Waals surface area contributed by atoms with Crippen molar-refractivity contribution in [3.8, 4) is 11.5 Å². The second-order valence-electron chi connectivity index (χ2n) is 8.10. The van der Waals surface area contributed by atoms with E-state index in [2.05, 4.69) is 14.8 Å². The minimum absolute atomic E-state index is 0.0343. The summed E-state index contributed by atoms with van der Waals surface area (Å²) in [5, 5.41) is 13.8. The first-order valence-electron chi connectivity index (χ1n) is 10.6. The normalized spacial score (nSPS) is 15.5. The Balaban J connectivity index is 1.60. The number of hydrogen-bond donors (Lipinski definition) is 2. The van der Waals surface area contributed by atoms with E-state index in [1.807, 2.05) is 56.3 Å². The highest BCUT2D eigenvalue weighted by Gasteiger charge is 2.59. The zero-order chi connectivity index (χ0) is 24.2. The SMILES string of the molecule is COC(=O)C1(C(=O)OC)Oc2ccc(CC(C)NCC(O)c3ccc(N(C)C)cc3)cc2O1. The van der Waals surface area contributed by atoms with E-state index in [1.54, 1.807) is 12.1 Å². The van der Waals surface area contributed by atoms with Crippen molar-refractivity contribution < 1.29 is 33.6 Å². The number of nitrogens with one attached hydrogen (secondary N) is 1. The summed E-state index contributed by atoms with van der Waals surface area (Å²) >= 11 is 0. The van der Waals surface area contributed by atoms with Gasteiger partial charge >= 0.3 is 17.7 Å². The number of fused-ring (bicyclic) bond motifs is 1. The molecule has 0 spiro atoms. The van der Waals surface area contributed by atoms with Crippen LogP contribution in [0.3, 0.4) is 0 Å². The lowest BCUT2D eigenvalue weighted by atomic mass is 10.1. The maximum Gasteiger partial charge on any atom is 0.453 e. The summed E-state index contributed by atoms with van der Waals surface area (Å²) < 4.78 is 20.4. The molecule has 1 aliphatic heterocycles. The van der Waals surface area contributed by atoms with Crippen LogP contribution in [-0.2, 0) is 25.5 Å². The molecule has 0 bridgehead atoms. The minimum Gasteiger partial charge on any atom is -0.463 e. The fourth-order valence-electron chi connectivity index (χ4n) is 3.54. The van der Waals surface area contributed by atoms with Crippen molar-refractivity contribution in [3.05, 3.63) is 53.6 Å². The topological polar surface area (TPSA) is 107 Å². The number of anilines is 1. The van der Waals surface area contributed by atoms with Crippen molar-refractivity contribution in [1.29, 1.82) is 0 Å². The zero-order valence-electron chi connectivity index (χ0n) is 19.5. The van der Waals surface area contributed by atoms with Gasteiger partial charge in [0, 0.05) is 32.4 Å². The molecule has 178 valence electrons. The molecular weight excluding hydrogens is 428 g/mol. The van der Waals surface area contributed by atoms with Crippen molar-refractivity contribution in [1.82, 2.24) is 5.32 Å². The van der Waals surface area contributed by atoms with E-state index in [1.165, 1.54) is 0 Å². The van der Waals surface area contributed by atoms with Gasteiger partial charge in [-0.15, -0.1) is 0 Å². The number of methoxy groups -OCH3 is 2. The summed E-state index contributed by atoms with van der Waals surface area (Å²) in [4.78, 5) is 26.4. The van der Waals surface area contributed by atoms with Crippen LogP contribution in [0, 0.1) is 0 Å². The highest BCUT2D eigenvalue weighted by molar-refractivity contribution is 6.03. The second-order valence-corrected chi connectivity index (χ2v) is 8.10. The second kappa shape index (κ2) is 10.1. The molecule has 0 aliphatic carbocycles. The van der Waals surface area contributed by atoms with Crippen molar-refractivity contribution in [2.75, 3.05) is 39.8 Å². The highest BCUT2D eigenvalue weighted by atomic mass is 16.8. The number of aliphatic hydroxyl groups excluding tert-OH is 1. The van der Waals surface area contributed by atoms with Gasteiger partial charge in [-0.05, 0) is 48.7 Å². The molecule has 3 rings (SSSR count). The lowest BCUT2D eigenvalue weighted by Gasteiger charge is -2.21. The van der Waals surface area contributed by atoms with E-state index in [-0.39, 0.29) is 17.5 Å². The Hall–Kier alpha value is -3.30. The van der Waals surface area contributed by atoms with E-state index in [0.29, 0.717) is 13.0 Å². The number of carbonyl (C=O) groups excluding carboxylic acids is 2. The quantitative estimate of drug-likeness (QED) is 0.430. The van der Waals surface area contributed by atoms with Gasteiger partial charge in [0.15, 0.2) is 11.5 Å². The van der Waals surface area contributed by atoms with Gasteiger partial charge in [0.25, 0.3) is 0 Å².